The quantitative estimate of drug-likeness (QED) is 0.594. The first-order chi connectivity index (χ1) is 12.7. The van der Waals surface area contributed by atoms with Crippen LogP contribution in [0.4, 0.5) is 0 Å². The van der Waals surface area contributed by atoms with Gasteiger partial charge in [0.2, 0.25) is 0 Å². The second kappa shape index (κ2) is 8.58. The normalized spacial score (nSPS) is 10.5. The molecule has 2 heterocycles. The number of carbonyl (C=O) groups excluding carboxylic acids is 1. The number of hydrogen-bond donors (Lipinski definition) is 0. The Bertz CT molecular complexity index is 805. The van der Waals surface area contributed by atoms with Crippen molar-refractivity contribution in [2.45, 2.75) is 13.0 Å². The molecule has 3 rings (SSSR count). The number of benzene rings is 1. The summed E-state index contributed by atoms with van der Waals surface area (Å²) in [6, 6.07) is 13.1. The highest BCUT2D eigenvalue weighted by Crippen LogP contribution is 2.30. The summed E-state index contributed by atoms with van der Waals surface area (Å²) >= 11 is 1.68. The van der Waals surface area contributed by atoms with Crippen molar-refractivity contribution >= 4 is 17.2 Å². The molecule has 0 saturated heterocycles. The Kier molecular flexibility index (Phi) is 5.96. The molecule has 0 aliphatic heterocycles. The fourth-order valence-corrected chi connectivity index (χ4v) is 3.46. The van der Waals surface area contributed by atoms with E-state index in [9.17, 15) is 4.79 Å². The van der Waals surface area contributed by atoms with Crippen molar-refractivity contribution in [2.75, 3.05) is 20.8 Å². The molecule has 0 bridgehead atoms. The van der Waals surface area contributed by atoms with E-state index in [-0.39, 0.29) is 5.91 Å². The molecular weight excluding hydrogens is 350 g/mol. The lowest BCUT2D eigenvalue weighted by atomic mass is 10.1. The van der Waals surface area contributed by atoms with E-state index < -0.39 is 0 Å². The molecule has 0 aliphatic carbocycles. The van der Waals surface area contributed by atoms with E-state index in [0.29, 0.717) is 30.2 Å². The summed E-state index contributed by atoms with van der Waals surface area (Å²) in [5.41, 5.74) is 0.426. The first-order valence-electron chi connectivity index (χ1n) is 8.28. The number of furan rings is 1. The minimum absolute atomic E-state index is 0.146. The van der Waals surface area contributed by atoms with Crippen LogP contribution in [0.25, 0.3) is 0 Å². The van der Waals surface area contributed by atoms with Gasteiger partial charge in [-0.2, -0.15) is 0 Å². The highest BCUT2D eigenvalue weighted by molar-refractivity contribution is 7.09. The zero-order valence-electron chi connectivity index (χ0n) is 14.8. The van der Waals surface area contributed by atoms with Gasteiger partial charge in [0.05, 0.1) is 27.0 Å². The molecule has 0 saturated carbocycles. The minimum atomic E-state index is -0.146. The molecule has 6 heteroatoms. The van der Waals surface area contributed by atoms with E-state index in [4.69, 9.17) is 13.9 Å². The van der Waals surface area contributed by atoms with Crippen LogP contribution in [0.5, 0.6) is 11.5 Å². The molecular formula is C20H21NO4S. The molecule has 0 spiro atoms. The number of rotatable bonds is 8. The zero-order chi connectivity index (χ0) is 18.4. The maximum absolute atomic E-state index is 13.3. The van der Waals surface area contributed by atoms with Crippen molar-refractivity contribution in [3.8, 4) is 11.5 Å². The van der Waals surface area contributed by atoms with Crippen molar-refractivity contribution < 1.29 is 18.7 Å². The van der Waals surface area contributed by atoms with Gasteiger partial charge in [-0.05, 0) is 42.1 Å². The number of amides is 1. The molecule has 2 aromatic heterocycles. The van der Waals surface area contributed by atoms with Crippen LogP contribution in [0.1, 0.15) is 21.0 Å². The third-order valence-electron chi connectivity index (χ3n) is 4.06. The summed E-state index contributed by atoms with van der Waals surface area (Å²) in [7, 11) is 3.10. The molecule has 0 aliphatic rings. The lowest BCUT2D eigenvalue weighted by molar-refractivity contribution is 0.0727. The van der Waals surface area contributed by atoms with Gasteiger partial charge in [0.1, 0.15) is 22.8 Å². The highest BCUT2D eigenvalue weighted by atomic mass is 32.1. The van der Waals surface area contributed by atoms with E-state index >= 15 is 0 Å². The number of hydrogen-bond acceptors (Lipinski definition) is 5. The van der Waals surface area contributed by atoms with Crippen molar-refractivity contribution in [1.29, 1.82) is 0 Å². The summed E-state index contributed by atoms with van der Waals surface area (Å²) in [5, 5.41) is 2.04. The SMILES string of the molecule is COc1cccc(OC)c1C(=O)N(CCc1cccs1)Cc1ccco1. The average molecular weight is 371 g/mol. The largest absolute Gasteiger partial charge is 0.496 e. The van der Waals surface area contributed by atoms with Gasteiger partial charge in [-0.3, -0.25) is 4.79 Å². The Morgan fingerprint density at radius 1 is 1.08 bits per heavy atom. The summed E-state index contributed by atoms with van der Waals surface area (Å²) in [4.78, 5) is 16.3. The van der Waals surface area contributed by atoms with Crippen molar-refractivity contribution in [2.24, 2.45) is 0 Å². The van der Waals surface area contributed by atoms with Crippen LogP contribution in [0, 0.1) is 0 Å². The monoisotopic (exact) mass is 371 g/mol. The van der Waals surface area contributed by atoms with Gasteiger partial charge in [-0.1, -0.05) is 12.1 Å². The van der Waals surface area contributed by atoms with E-state index in [1.165, 1.54) is 4.88 Å². The fraction of sp³-hybridized carbons (Fsp3) is 0.250. The number of thiophene rings is 1. The van der Waals surface area contributed by atoms with Gasteiger partial charge < -0.3 is 18.8 Å². The molecule has 1 aromatic carbocycles. The van der Waals surface area contributed by atoms with Gasteiger partial charge in [0, 0.05) is 11.4 Å². The van der Waals surface area contributed by atoms with E-state index in [2.05, 4.69) is 6.07 Å². The first kappa shape index (κ1) is 18.1. The Morgan fingerprint density at radius 3 is 2.42 bits per heavy atom. The molecule has 26 heavy (non-hydrogen) atoms. The maximum atomic E-state index is 13.3. The summed E-state index contributed by atoms with van der Waals surface area (Å²) in [6.07, 6.45) is 2.39. The summed E-state index contributed by atoms with van der Waals surface area (Å²) in [6.45, 7) is 0.958. The fourth-order valence-electron chi connectivity index (χ4n) is 2.76. The molecule has 0 unspecified atom stereocenters. The van der Waals surface area contributed by atoms with Gasteiger partial charge in [0.15, 0.2) is 0 Å². The Hall–Kier alpha value is -2.73. The van der Waals surface area contributed by atoms with Gasteiger partial charge in [0.25, 0.3) is 5.91 Å². The van der Waals surface area contributed by atoms with Crippen LogP contribution in [0.2, 0.25) is 0 Å². The molecule has 136 valence electrons. The third-order valence-corrected chi connectivity index (χ3v) is 5.00. The summed E-state index contributed by atoms with van der Waals surface area (Å²) in [5.74, 6) is 1.58. The van der Waals surface area contributed by atoms with Crippen molar-refractivity contribution in [3.63, 3.8) is 0 Å². The van der Waals surface area contributed by atoms with Gasteiger partial charge >= 0.3 is 0 Å². The maximum Gasteiger partial charge on any atom is 0.261 e. The second-order valence-electron chi connectivity index (χ2n) is 5.67. The van der Waals surface area contributed by atoms with Gasteiger partial charge in [-0.15, -0.1) is 11.3 Å². The molecule has 5 nitrogen and oxygen atoms in total. The number of nitrogens with zero attached hydrogens (tertiary/aromatic N) is 1. The van der Waals surface area contributed by atoms with Crippen LogP contribution >= 0.6 is 11.3 Å². The van der Waals surface area contributed by atoms with Crippen molar-refractivity contribution in [3.05, 3.63) is 70.3 Å². The minimum Gasteiger partial charge on any atom is -0.496 e. The van der Waals surface area contributed by atoms with Crippen LogP contribution < -0.4 is 9.47 Å². The van der Waals surface area contributed by atoms with Crippen LogP contribution in [-0.4, -0.2) is 31.6 Å². The first-order valence-corrected chi connectivity index (χ1v) is 9.16. The summed E-state index contributed by atoms with van der Waals surface area (Å²) < 4.78 is 16.2. The third kappa shape index (κ3) is 4.08. The van der Waals surface area contributed by atoms with E-state index in [0.717, 1.165) is 12.2 Å². The standard InChI is InChI=1S/C20H21NO4S/c1-23-17-8-3-9-18(24-2)19(17)20(22)21(14-15-6-4-12-25-15)11-10-16-7-5-13-26-16/h3-9,12-13H,10-11,14H2,1-2H3. The van der Waals surface area contributed by atoms with Crippen LogP contribution in [0.15, 0.2) is 58.5 Å². The Morgan fingerprint density at radius 2 is 1.85 bits per heavy atom. The van der Waals surface area contributed by atoms with E-state index in [1.807, 2.05) is 23.6 Å². The Labute approximate surface area is 156 Å². The molecule has 3 aromatic rings. The van der Waals surface area contributed by atoms with Crippen molar-refractivity contribution in [1.82, 2.24) is 4.90 Å². The predicted octanol–water partition coefficient (Wildman–Crippen LogP) is 4.24. The lowest BCUT2D eigenvalue weighted by Crippen LogP contribution is -2.33. The van der Waals surface area contributed by atoms with Crippen LogP contribution in [-0.2, 0) is 13.0 Å². The number of methoxy groups -OCH3 is 2. The lowest BCUT2D eigenvalue weighted by Gasteiger charge is -2.23. The molecule has 0 N–H and O–H groups in total. The number of ether oxygens (including phenoxy) is 2. The Balaban J connectivity index is 1.88. The molecule has 1 amide bonds. The second-order valence-corrected chi connectivity index (χ2v) is 6.71. The topological polar surface area (TPSA) is 51.9 Å². The smallest absolute Gasteiger partial charge is 0.261 e. The van der Waals surface area contributed by atoms with E-state index in [1.54, 1.807) is 54.9 Å². The van der Waals surface area contributed by atoms with Crippen LogP contribution in [0.3, 0.4) is 0 Å². The average Bonchev–Trinajstić information content (AvgIpc) is 3.37. The van der Waals surface area contributed by atoms with Gasteiger partial charge in [-0.25, -0.2) is 0 Å². The molecule has 0 atom stereocenters. The molecule has 0 fully saturated rings. The molecule has 0 radical (unpaired) electrons. The predicted molar refractivity (Wildman–Crippen MR) is 101 cm³/mol. The zero-order valence-corrected chi connectivity index (χ0v) is 15.6. The highest BCUT2D eigenvalue weighted by Gasteiger charge is 2.24. The number of carbonyl (C=O) groups is 1.